The zero-order chi connectivity index (χ0) is 11.5. The second kappa shape index (κ2) is 4.56. The molecule has 2 aromatic heterocycles. The van der Waals surface area contributed by atoms with Gasteiger partial charge in [-0.3, -0.25) is 0 Å². The standard InChI is InChI=1S/C11H10N3S2/c1-15-11-10(9(13)8(7-12)16-11)14-5-3-2-4-6-14/h2-6H,13H2,1H3/q+1. The first kappa shape index (κ1) is 11.0. The molecule has 2 aromatic rings. The molecule has 0 bridgehead atoms. The molecule has 0 atom stereocenters. The van der Waals surface area contributed by atoms with Crippen LogP contribution in [0.1, 0.15) is 4.88 Å². The summed E-state index contributed by atoms with van der Waals surface area (Å²) in [6, 6.07) is 7.95. The second-order valence-electron chi connectivity index (χ2n) is 3.08. The van der Waals surface area contributed by atoms with Gasteiger partial charge in [-0.1, -0.05) is 6.07 Å². The molecule has 2 N–H and O–H groups in total. The highest BCUT2D eigenvalue weighted by atomic mass is 32.2. The van der Waals surface area contributed by atoms with E-state index in [1.807, 2.05) is 41.4 Å². The van der Waals surface area contributed by atoms with Gasteiger partial charge < -0.3 is 5.73 Å². The first-order valence-electron chi connectivity index (χ1n) is 4.61. The molecule has 0 aromatic carbocycles. The highest BCUT2D eigenvalue weighted by Gasteiger charge is 2.23. The van der Waals surface area contributed by atoms with E-state index in [4.69, 9.17) is 11.0 Å². The molecule has 16 heavy (non-hydrogen) atoms. The number of anilines is 1. The van der Waals surface area contributed by atoms with Crippen molar-refractivity contribution >= 4 is 28.8 Å². The maximum Gasteiger partial charge on any atom is 0.259 e. The largest absolute Gasteiger partial charge is 0.392 e. The van der Waals surface area contributed by atoms with Crippen LogP contribution < -0.4 is 10.3 Å². The van der Waals surface area contributed by atoms with Gasteiger partial charge in [0.05, 0.1) is 0 Å². The summed E-state index contributed by atoms with van der Waals surface area (Å²) >= 11 is 3.04. The van der Waals surface area contributed by atoms with E-state index in [1.54, 1.807) is 11.8 Å². The van der Waals surface area contributed by atoms with Crippen molar-refractivity contribution in [3.8, 4) is 11.8 Å². The lowest BCUT2D eigenvalue weighted by molar-refractivity contribution is -0.596. The first-order chi connectivity index (χ1) is 7.77. The van der Waals surface area contributed by atoms with Gasteiger partial charge in [0.25, 0.3) is 5.69 Å². The number of aromatic nitrogens is 1. The van der Waals surface area contributed by atoms with Crippen molar-refractivity contribution in [1.82, 2.24) is 0 Å². The summed E-state index contributed by atoms with van der Waals surface area (Å²) in [6.45, 7) is 0. The highest BCUT2D eigenvalue weighted by Crippen LogP contribution is 2.36. The molecule has 0 spiro atoms. The minimum absolute atomic E-state index is 0.563. The molecule has 2 rings (SSSR count). The van der Waals surface area contributed by atoms with Crippen molar-refractivity contribution < 1.29 is 4.57 Å². The molecular formula is C11H10N3S2+. The predicted octanol–water partition coefficient (Wildman–Crippen LogP) is 2.20. The summed E-state index contributed by atoms with van der Waals surface area (Å²) in [5.41, 5.74) is 7.45. The third-order valence-electron chi connectivity index (χ3n) is 2.15. The maximum absolute atomic E-state index is 8.96. The lowest BCUT2D eigenvalue weighted by atomic mass is 10.3. The van der Waals surface area contributed by atoms with E-state index in [0.29, 0.717) is 10.6 Å². The fraction of sp³-hybridized carbons (Fsp3) is 0.0909. The van der Waals surface area contributed by atoms with Gasteiger partial charge in [0.1, 0.15) is 20.8 Å². The Labute approximate surface area is 102 Å². The molecular weight excluding hydrogens is 238 g/mol. The van der Waals surface area contributed by atoms with Gasteiger partial charge in [0, 0.05) is 12.1 Å². The highest BCUT2D eigenvalue weighted by molar-refractivity contribution is 8.00. The van der Waals surface area contributed by atoms with Gasteiger partial charge in [-0.25, -0.2) is 0 Å². The van der Waals surface area contributed by atoms with Crippen LogP contribution in [0, 0.1) is 11.3 Å². The Kier molecular flexibility index (Phi) is 3.13. The van der Waals surface area contributed by atoms with Gasteiger partial charge in [-0.2, -0.15) is 9.83 Å². The number of thioether (sulfide) groups is 1. The quantitative estimate of drug-likeness (QED) is 0.655. The van der Waals surface area contributed by atoms with E-state index < -0.39 is 0 Å². The Hall–Kier alpha value is -1.51. The number of thiophene rings is 1. The smallest absolute Gasteiger partial charge is 0.259 e. The Morgan fingerprint density at radius 1 is 1.38 bits per heavy atom. The lowest BCUT2D eigenvalue weighted by Crippen LogP contribution is -2.30. The molecule has 80 valence electrons. The fourth-order valence-electron chi connectivity index (χ4n) is 1.43. The Balaban J connectivity index is 2.65. The summed E-state index contributed by atoms with van der Waals surface area (Å²) in [5, 5.41) is 8.96. The van der Waals surface area contributed by atoms with Crippen molar-refractivity contribution in [3.63, 3.8) is 0 Å². The zero-order valence-electron chi connectivity index (χ0n) is 8.68. The van der Waals surface area contributed by atoms with Crippen LogP contribution in [0.4, 0.5) is 5.69 Å². The third-order valence-corrected chi connectivity index (χ3v) is 4.36. The number of nitrogens with two attached hydrogens (primary N) is 1. The topological polar surface area (TPSA) is 53.7 Å². The van der Waals surface area contributed by atoms with Gasteiger partial charge in [-0.15, -0.1) is 23.1 Å². The summed E-state index contributed by atoms with van der Waals surface area (Å²) in [7, 11) is 0. The molecule has 3 nitrogen and oxygen atoms in total. The first-order valence-corrected chi connectivity index (χ1v) is 6.65. The van der Waals surface area contributed by atoms with Crippen LogP contribution >= 0.6 is 23.1 Å². The minimum atomic E-state index is 0.563. The molecule has 5 heteroatoms. The molecule has 0 unspecified atom stereocenters. The number of hydrogen-bond donors (Lipinski definition) is 1. The second-order valence-corrected chi connectivity index (χ2v) is 5.18. The molecule has 0 aliphatic rings. The molecule has 0 aliphatic carbocycles. The van der Waals surface area contributed by atoms with E-state index in [2.05, 4.69) is 6.07 Å². The zero-order valence-corrected chi connectivity index (χ0v) is 10.3. The van der Waals surface area contributed by atoms with E-state index in [1.165, 1.54) is 11.3 Å². The number of nitriles is 1. The van der Waals surface area contributed by atoms with Crippen LogP contribution in [0.5, 0.6) is 0 Å². The van der Waals surface area contributed by atoms with Crippen LogP contribution in [0.15, 0.2) is 34.8 Å². The normalized spacial score (nSPS) is 10.0. The van der Waals surface area contributed by atoms with Crippen molar-refractivity contribution in [2.75, 3.05) is 12.0 Å². The van der Waals surface area contributed by atoms with Crippen molar-refractivity contribution in [2.24, 2.45) is 0 Å². The average molecular weight is 248 g/mol. The molecule has 0 saturated carbocycles. The minimum Gasteiger partial charge on any atom is -0.392 e. The summed E-state index contributed by atoms with van der Waals surface area (Å²) in [4.78, 5) is 0.579. The van der Waals surface area contributed by atoms with Crippen LogP contribution in [0.2, 0.25) is 0 Å². The van der Waals surface area contributed by atoms with Crippen molar-refractivity contribution in [3.05, 3.63) is 35.5 Å². The van der Waals surface area contributed by atoms with Crippen LogP contribution in [0.25, 0.3) is 5.69 Å². The van der Waals surface area contributed by atoms with E-state index >= 15 is 0 Å². The number of pyridine rings is 1. The summed E-state index contributed by atoms with van der Waals surface area (Å²) in [6.07, 6.45) is 5.85. The van der Waals surface area contributed by atoms with E-state index in [-0.39, 0.29) is 0 Å². The van der Waals surface area contributed by atoms with Crippen molar-refractivity contribution in [1.29, 1.82) is 5.26 Å². The number of nitrogen functional groups attached to an aromatic ring is 1. The molecule has 0 radical (unpaired) electrons. The van der Waals surface area contributed by atoms with Crippen LogP contribution in [0.3, 0.4) is 0 Å². The lowest BCUT2D eigenvalue weighted by Gasteiger charge is -1.96. The SMILES string of the molecule is CSc1sc(C#N)c(N)c1-[n+]1ccccc1. The summed E-state index contributed by atoms with van der Waals surface area (Å²) in [5.74, 6) is 0. The molecule has 0 amide bonds. The number of hydrogen-bond acceptors (Lipinski definition) is 4. The molecule has 0 saturated heterocycles. The van der Waals surface area contributed by atoms with Gasteiger partial charge in [-0.05, 0) is 6.26 Å². The molecule has 0 aliphatic heterocycles. The number of nitrogens with zero attached hydrogens (tertiary/aromatic N) is 2. The summed E-state index contributed by atoms with van der Waals surface area (Å²) < 4.78 is 3.00. The van der Waals surface area contributed by atoms with Crippen molar-refractivity contribution in [2.45, 2.75) is 4.21 Å². The van der Waals surface area contributed by atoms with Crippen LogP contribution in [-0.4, -0.2) is 6.26 Å². The monoisotopic (exact) mass is 248 g/mol. The van der Waals surface area contributed by atoms with Gasteiger partial charge in [0.2, 0.25) is 0 Å². The number of rotatable bonds is 2. The molecule has 0 fully saturated rings. The predicted molar refractivity (Wildman–Crippen MR) is 66.8 cm³/mol. The van der Waals surface area contributed by atoms with Crippen LogP contribution in [-0.2, 0) is 0 Å². The Morgan fingerprint density at radius 2 is 2.06 bits per heavy atom. The van der Waals surface area contributed by atoms with E-state index in [0.717, 1.165) is 9.90 Å². The fourth-order valence-corrected chi connectivity index (χ4v) is 3.17. The third kappa shape index (κ3) is 1.77. The van der Waals surface area contributed by atoms with Gasteiger partial charge >= 0.3 is 0 Å². The van der Waals surface area contributed by atoms with Gasteiger partial charge in [0.15, 0.2) is 12.4 Å². The Morgan fingerprint density at radius 3 is 2.62 bits per heavy atom. The molecule has 2 heterocycles. The maximum atomic E-state index is 8.96. The Bertz CT molecular complexity index is 540. The van der Waals surface area contributed by atoms with E-state index in [9.17, 15) is 0 Å². The average Bonchev–Trinajstić information content (AvgIpc) is 2.66.